The minimum Gasteiger partial charge on any atom is -0.497 e. The number of esters is 1. The minimum absolute atomic E-state index is 0.0815. The van der Waals surface area contributed by atoms with Gasteiger partial charge >= 0.3 is 5.97 Å². The standard InChI is InChI=1S/C32H28N2O6S/c1-6-16-40-26-14-12-20-10-8-9-11-22(20)23(26)18-27-30(35)34-29(24-17-21(37-4)13-15-25(24)38-5)28(31(36)39-7-2)19(3)33-32(34)41-27/h1,8-15,17-18,29H,7,16H2,2-5H3/t29-/m1/s1. The first-order valence-electron chi connectivity index (χ1n) is 12.9. The summed E-state index contributed by atoms with van der Waals surface area (Å²) in [5, 5.41) is 1.89. The molecule has 1 aromatic heterocycles. The second-order valence-electron chi connectivity index (χ2n) is 9.10. The second kappa shape index (κ2) is 11.7. The van der Waals surface area contributed by atoms with Crippen LogP contribution >= 0.6 is 11.3 Å². The third-order valence-electron chi connectivity index (χ3n) is 6.77. The van der Waals surface area contributed by atoms with Gasteiger partial charge in [0.15, 0.2) is 4.80 Å². The van der Waals surface area contributed by atoms with Crippen molar-refractivity contribution >= 4 is 34.2 Å². The summed E-state index contributed by atoms with van der Waals surface area (Å²) < 4.78 is 24.3. The maximum atomic E-state index is 14.2. The number of benzene rings is 3. The number of thiazole rings is 1. The highest BCUT2D eigenvalue weighted by atomic mass is 32.1. The van der Waals surface area contributed by atoms with Crippen molar-refractivity contribution in [3.8, 4) is 29.6 Å². The van der Waals surface area contributed by atoms with E-state index in [1.165, 1.54) is 23.0 Å². The van der Waals surface area contributed by atoms with E-state index in [9.17, 15) is 9.59 Å². The number of allylic oxidation sites excluding steroid dienone is 1. The molecule has 208 valence electrons. The van der Waals surface area contributed by atoms with Gasteiger partial charge in [0.05, 0.1) is 36.6 Å². The number of nitrogens with zero attached hydrogens (tertiary/aromatic N) is 2. The van der Waals surface area contributed by atoms with E-state index in [-0.39, 0.29) is 24.3 Å². The maximum absolute atomic E-state index is 14.2. The lowest BCUT2D eigenvalue weighted by Crippen LogP contribution is -2.40. The minimum atomic E-state index is -0.859. The topological polar surface area (TPSA) is 88.3 Å². The highest BCUT2D eigenvalue weighted by molar-refractivity contribution is 7.07. The number of ether oxygens (including phenoxy) is 4. The molecule has 0 fully saturated rings. The van der Waals surface area contributed by atoms with Gasteiger partial charge in [0, 0.05) is 11.1 Å². The Kier molecular flexibility index (Phi) is 7.95. The average Bonchev–Trinajstić information content (AvgIpc) is 3.29. The zero-order chi connectivity index (χ0) is 29.1. The number of hydrogen-bond acceptors (Lipinski definition) is 8. The van der Waals surface area contributed by atoms with Crippen LogP contribution in [0.3, 0.4) is 0 Å². The van der Waals surface area contributed by atoms with Crippen LogP contribution in [0.5, 0.6) is 17.2 Å². The smallest absolute Gasteiger partial charge is 0.338 e. The fourth-order valence-corrected chi connectivity index (χ4v) is 5.97. The Morgan fingerprint density at radius 3 is 2.63 bits per heavy atom. The molecular formula is C32H28N2O6S. The van der Waals surface area contributed by atoms with Crippen LogP contribution in [-0.4, -0.2) is 38.0 Å². The Hall–Kier alpha value is -4.81. The number of methoxy groups -OCH3 is 2. The van der Waals surface area contributed by atoms with Gasteiger partial charge in [-0.25, -0.2) is 9.79 Å². The summed E-state index contributed by atoms with van der Waals surface area (Å²) in [5.74, 6) is 3.53. The van der Waals surface area contributed by atoms with Crippen molar-refractivity contribution < 1.29 is 23.7 Å². The van der Waals surface area contributed by atoms with Crippen molar-refractivity contribution in [1.82, 2.24) is 4.57 Å². The molecule has 0 bridgehead atoms. The zero-order valence-corrected chi connectivity index (χ0v) is 23.9. The molecule has 0 N–H and O–H groups in total. The fourth-order valence-electron chi connectivity index (χ4n) is 4.94. The van der Waals surface area contributed by atoms with Crippen molar-refractivity contribution in [3.05, 3.63) is 96.7 Å². The number of hydrogen-bond donors (Lipinski definition) is 0. The number of carbonyl (C=O) groups is 1. The molecule has 1 aliphatic heterocycles. The third-order valence-corrected chi connectivity index (χ3v) is 7.75. The molecule has 0 amide bonds. The Labute approximate surface area is 240 Å². The van der Waals surface area contributed by atoms with Gasteiger partial charge in [0.25, 0.3) is 5.56 Å². The first kappa shape index (κ1) is 27.7. The molecule has 4 aromatic rings. The van der Waals surface area contributed by atoms with E-state index in [1.807, 2.05) is 36.4 Å². The second-order valence-corrected chi connectivity index (χ2v) is 10.1. The van der Waals surface area contributed by atoms with Gasteiger partial charge in [-0.15, -0.1) is 6.42 Å². The van der Waals surface area contributed by atoms with E-state index in [4.69, 9.17) is 25.4 Å². The van der Waals surface area contributed by atoms with E-state index in [0.717, 1.165) is 16.3 Å². The van der Waals surface area contributed by atoms with E-state index in [0.29, 0.717) is 37.8 Å². The van der Waals surface area contributed by atoms with Gasteiger partial charge in [-0.2, -0.15) is 0 Å². The molecule has 3 aromatic carbocycles. The molecule has 0 saturated heterocycles. The van der Waals surface area contributed by atoms with Crippen molar-refractivity contribution in [2.24, 2.45) is 4.99 Å². The quantitative estimate of drug-likeness (QED) is 0.236. The third kappa shape index (κ3) is 5.10. The van der Waals surface area contributed by atoms with Crippen LogP contribution < -0.4 is 29.1 Å². The van der Waals surface area contributed by atoms with Crippen molar-refractivity contribution in [2.45, 2.75) is 19.9 Å². The lowest BCUT2D eigenvalue weighted by molar-refractivity contribution is -0.139. The summed E-state index contributed by atoms with van der Waals surface area (Å²) in [7, 11) is 3.09. The van der Waals surface area contributed by atoms with Crippen LogP contribution in [-0.2, 0) is 9.53 Å². The summed E-state index contributed by atoms with van der Waals surface area (Å²) in [6.07, 6.45) is 7.25. The lowest BCUT2D eigenvalue weighted by Gasteiger charge is -2.26. The van der Waals surface area contributed by atoms with Gasteiger partial charge in [0.2, 0.25) is 0 Å². The van der Waals surface area contributed by atoms with E-state index < -0.39 is 12.0 Å². The molecule has 0 spiro atoms. The van der Waals surface area contributed by atoms with Crippen LogP contribution in [0.4, 0.5) is 0 Å². The Morgan fingerprint density at radius 1 is 1.12 bits per heavy atom. The van der Waals surface area contributed by atoms with Crippen molar-refractivity contribution in [2.75, 3.05) is 27.4 Å². The molecule has 1 aliphatic rings. The molecule has 2 heterocycles. The molecule has 41 heavy (non-hydrogen) atoms. The van der Waals surface area contributed by atoms with Gasteiger partial charge < -0.3 is 18.9 Å². The van der Waals surface area contributed by atoms with Crippen molar-refractivity contribution in [3.63, 3.8) is 0 Å². The molecular weight excluding hydrogens is 540 g/mol. The summed E-state index contributed by atoms with van der Waals surface area (Å²) in [4.78, 5) is 32.6. The normalized spacial score (nSPS) is 14.7. The summed E-state index contributed by atoms with van der Waals surface area (Å²) in [6.45, 7) is 3.72. The van der Waals surface area contributed by atoms with Crippen LogP contribution in [0, 0.1) is 12.3 Å². The highest BCUT2D eigenvalue weighted by Crippen LogP contribution is 2.38. The monoisotopic (exact) mass is 568 g/mol. The summed E-state index contributed by atoms with van der Waals surface area (Å²) in [5.41, 5.74) is 1.67. The van der Waals surface area contributed by atoms with Crippen molar-refractivity contribution in [1.29, 1.82) is 0 Å². The Balaban J connectivity index is 1.81. The largest absolute Gasteiger partial charge is 0.497 e. The number of terminal acetylenes is 1. The van der Waals surface area contributed by atoms with E-state index in [2.05, 4.69) is 10.9 Å². The van der Waals surface area contributed by atoms with Gasteiger partial charge in [-0.1, -0.05) is 47.6 Å². The molecule has 5 rings (SSSR count). The predicted octanol–water partition coefficient (Wildman–Crippen LogP) is 3.98. The number of carbonyl (C=O) groups excluding carboxylic acids is 1. The molecule has 1 atom stereocenters. The number of fused-ring (bicyclic) bond motifs is 2. The van der Waals surface area contributed by atoms with E-state index >= 15 is 0 Å². The fraction of sp³-hybridized carbons (Fsp3) is 0.219. The zero-order valence-electron chi connectivity index (χ0n) is 23.1. The molecule has 0 unspecified atom stereocenters. The van der Waals surface area contributed by atoms with Crippen LogP contribution in [0.25, 0.3) is 16.8 Å². The van der Waals surface area contributed by atoms with Crippen LogP contribution in [0.15, 0.2) is 75.7 Å². The lowest BCUT2D eigenvalue weighted by atomic mass is 9.94. The predicted molar refractivity (Wildman–Crippen MR) is 158 cm³/mol. The van der Waals surface area contributed by atoms with Crippen LogP contribution in [0.1, 0.15) is 31.0 Å². The molecule has 0 aliphatic carbocycles. The first-order chi connectivity index (χ1) is 19.9. The van der Waals surface area contributed by atoms with E-state index in [1.54, 1.807) is 45.2 Å². The Bertz CT molecular complexity index is 1910. The maximum Gasteiger partial charge on any atom is 0.338 e. The number of aromatic nitrogens is 1. The SMILES string of the molecule is C#CCOc1ccc2ccccc2c1C=c1sc2n(c1=O)[C@H](c1cc(OC)ccc1OC)C(C(=O)OCC)=C(C)N=2. The molecule has 9 heteroatoms. The van der Waals surface area contributed by atoms with Gasteiger partial charge in [0.1, 0.15) is 29.9 Å². The van der Waals surface area contributed by atoms with Gasteiger partial charge in [-0.05, 0) is 55.0 Å². The Morgan fingerprint density at radius 2 is 1.90 bits per heavy atom. The average molecular weight is 569 g/mol. The molecule has 8 nitrogen and oxygen atoms in total. The number of rotatable bonds is 8. The van der Waals surface area contributed by atoms with Crippen LogP contribution in [0.2, 0.25) is 0 Å². The molecule has 0 saturated carbocycles. The summed E-state index contributed by atoms with van der Waals surface area (Å²) in [6, 6.07) is 16.0. The highest BCUT2D eigenvalue weighted by Gasteiger charge is 2.35. The van der Waals surface area contributed by atoms with Gasteiger partial charge in [-0.3, -0.25) is 9.36 Å². The summed E-state index contributed by atoms with van der Waals surface area (Å²) >= 11 is 1.22. The molecule has 0 radical (unpaired) electrons. The first-order valence-corrected chi connectivity index (χ1v) is 13.7.